The van der Waals surface area contributed by atoms with E-state index in [1.165, 1.54) is 13.4 Å². The monoisotopic (exact) mass is 735 g/mol. The fraction of sp³-hybridized carbons (Fsp3) is 0.424. The molecule has 3 heterocycles. The molecule has 1 fully saturated rings. The zero-order chi connectivity index (χ0) is 37.7. The summed E-state index contributed by atoms with van der Waals surface area (Å²) in [6.07, 6.45) is 1.30. The molecular formula is C33H41ClF3N9O5. The lowest BCUT2D eigenvalue weighted by atomic mass is 10.1. The number of carbonyl (C=O) groups is 3. The summed E-state index contributed by atoms with van der Waals surface area (Å²) < 4.78 is 44.4. The van der Waals surface area contributed by atoms with Gasteiger partial charge in [-0.15, -0.1) is 5.10 Å². The SMILES string of the molecule is C=N/C(=N\N(CC(=O)Nc1ccc(C(F)(F)F)cc1Cl)C(=O)/C(=C(/CC)NC)N1CCCC1)C1=CCOCC1.CNC(=O)c1ncnc(C)c1O. The number of anilines is 1. The smallest absolute Gasteiger partial charge is 0.416 e. The third-order valence-electron chi connectivity index (χ3n) is 7.73. The van der Waals surface area contributed by atoms with E-state index in [-0.39, 0.29) is 28.0 Å². The van der Waals surface area contributed by atoms with E-state index in [0.29, 0.717) is 56.2 Å². The van der Waals surface area contributed by atoms with E-state index >= 15 is 0 Å². The van der Waals surface area contributed by atoms with E-state index in [2.05, 4.69) is 42.7 Å². The molecule has 0 spiro atoms. The number of ether oxygens (including phenoxy) is 1. The second-order valence-corrected chi connectivity index (χ2v) is 11.5. The average molecular weight is 736 g/mol. The number of benzene rings is 1. The van der Waals surface area contributed by atoms with Crippen LogP contribution in [0.2, 0.25) is 5.02 Å². The Hall–Kier alpha value is -5.03. The predicted octanol–water partition coefficient (Wildman–Crippen LogP) is 4.27. The molecule has 2 aliphatic heterocycles. The second-order valence-electron chi connectivity index (χ2n) is 11.1. The Morgan fingerprint density at radius 2 is 1.86 bits per heavy atom. The van der Waals surface area contributed by atoms with Crippen LogP contribution in [0.1, 0.15) is 54.4 Å². The van der Waals surface area contributed by atoms with Gasteiger partial charge in [0.1, 0.15) is 18.6 Å². The second kappa shape index (κ2) is 18.8. The summed E-state index contributed by atoms with van der Waals surface area (Å²) in [6, 6.07) is 2.60. The van der Waals surface area contributed by atoms with Crippen molar-refractivity contribution in [1.82, 2.24) is 30.5 Å². The predicted molar refractivity (Wildman–Crippen MR) is 186 cm³/mol. The molecule has 0 radical (unpaired) electrons. The van der Waals surface area contributed by atoms with Crippen molar-refractivity contribution in [2.24, 2.45) is 10.1 Å². The van der Waals surface area contributed by atoms with Crippen LogP contribution < -0.4 is 16.0 Å². The van der Waals surface area contributed by atoms with Crippen LogP contribution in [0.15, 0.2) is 57.7 Å². The Morgan fingerprint density at radius 3 is 2.41 bits per heavy atom. The lowest BCUT2D eigenvalue weighted by Gasteiger charge is -2.28. The van der Waals surface area contributed by atoms with Crippen LogP contribution in [0.4, 0.5) is 18.9 Å². The zero-order valence-electron chi connectivity index (χ0n) is 28.7. The van der Waals surface area contributed by atoms with Crippen LogP contribution in [-0.4, -0.2) is 102 Å². The number of halogens is 4. The maximum absolute atomic E-state index is 14.0. The topological polar surface area (TPSA) is 174 Å². The van der Waals surface area contributed by atoms with Crippen LogP contribution in [-0.2, 0) is 20.5 Å². The molecule has 2 aromatic rings. The number of amidine groups is 1. The Labute approximate surface area is 298 Å². The van der Waals surface area contributed by atoms with Crippen molar-refractivity contribution in [3.63, 3.8) is 0 Å². The quantitative estimate of drug-likeness (QED) is 0.120. The largest absolute Gasteiger partial charge is 0.504 e. The molecular weight excluding hydrogens is 695 g/mol. The van der Waals surface area contributed by atoms with Crippen molar-refractivity contribution >= 4 is 47.6 Å². The van der Waals surface area contributed by atoms with Gasteiger partial charge in [0.05, 0.1) is 35.2 Å². The maximum atomic E-state index is 14.0. The fourth-order valence-corrected chi connectivity index (χ4v) is 5.27. The summed E-state index contributed by atoms with van der Waals surface area (Å²) in [5.74, 6) is -1.64. The Morgan fingerprint density at radius 1 is 1.16 bits per heavy atom. The highest BCUT2D eigenvalue weighted by Crippen LogP contribution is 2.34. The van der Waals surface area contributed by atoms with E-state index in [1.807, 2.05) is 11.8 Å². The van der Waals surface area contributed by atoms with Gasteiger partial charge in [-0.2, -0.15) is 13.2 Å². The van der Waals surface area contributed by atoms with Gasteiger partial charge in [0, 0.05) is 32.9 Å². The number of nitrogens with one attached hydrogen (secondary N) is 3. The summed E-state index contributed by atoms with van der Waals surface area (Å²) in [4.78, 5) is 51.4. The first-order chi connectivity index (χ1) is 24.2. The Balaban J connectivity index is 0.000000493. The van der Waals surface area contributed by atoms with Crippen LogP contribution in [0.3, 0.4) is 0 Å². The number of alkyl halides is 3. The number of allylic oxidation sites excluding steroid dienone is 1. The molecule has 0 unspecified atom stereocenters. The lowest BCUT2D eigenvalue weighted by molar-refractivity contribution is -0.137. The number of aromatic hydroxyl groups is 1. The maximum Gasteiger partial charge on any atom is 0.416 e. The third-order valence-corrected chi connectivity index (χ3v) is 8.04. The molecule has 1 saturated heterocycles. The van der Waals surface area contributed by atoms with Crippen LogP contribution in [0, 0.1) is 6.92 Å². The number of hydrazone groups is 1. The van der Waals surface area contributed by atoms with Crippen molar-refractivity contribution < 1.29 is 37.4 Å². The molecule has 2 aliphatic rings. The van der Waals surface area contributed by atoms with Gasteiger partial charge in [-0.25, -0.2) is 20.0 Å². The van der Waals surface area contributed by atoms with E-state index < -0.39 is 36.0 Å². The molecule has 0 saturated carbocycles. The van der Waals surface area contributed by atoms with Gasteiger partial charge >= 0.3 is 6.18 Å². The molecule has 4 rings (SSSR count). The number of aromatic nitrogens is 2. The van der Waals surface area contributed by atoms with Crippen LogP contribution >= 0.6 is 11.6 Å². The Kier molecular flexibility index (Phi) is 14.9. The molecule has 1 aromatic heterocycles. The van der Waals surface area contributed by atoms with Gasteiger partial charge < -0.3 is 30.7 Å². The molecule has 0 atom stereocenters. The van der Waals surface area contributed by atoms with Gasteiger partial charge in [0.15, 0.2) is 17.3 Å². The van der Waals surface area contributed by atoms with E-state index in [0.717, 1.165) is 41.6 Å². The number of nitrogens with zero attached hydrogens (tertiary/aromatic N) is 6. The normalized spacial score (nSPS) is 15.1. The molecule has 14 nitrogen and oxygen atoms in total. The van der Waals surface area contributed by atoms with Crippen LogP contribution in [0.5, 0.6) is 5.75 Å². The van der Waals surface area contributed by atoms with E-state index in [9.17, 15) is 32.7 Å². The molecule has 18 heteroatoms. The summed E-state index contributed by atoms with van der Waals surface area (Å²) in [7, 11) is 3.19. The number of hydrogen-bond acceptors (Lipinski definition) is 10. The van der Waals surface area contributed by atoms with Gasteiger partial charge in [0.2, 0.25) is 5.91 Å². The van der Waals surface area contributed by atoms with Crippen molar-refractivity contribution in [3.8, 4) is 5.75 Å². The average Bonchev–Trinajstić information content (AvgIpc) is 3.65. The number of likely N-dealkylation sites (tertiary alicyclic amines) is 1. The minimum atomic E-state index is -4.58. The zero-order valence-corrected chi connectivity index (χ0v) is 29.5. The van der Waals surface area contributed by atoms with E-state index in [1.54, 1.807) is 20.0 Å². The number of rotatable bonds is 10. The van der Waals surface area contributed by atoms with Crippen molar-refractivity contribution in [2.75, 3.05) is 52.3 Å². The van der Waals surface area contributed by atoms with E-state index in [4.69, 9.17) is 16.3 Å². The fourth-order valence-electron chi connectivity index (χ4n) is 5.05. The molecule has 276 valence electrons. The number of amides is 3. The molecule has 51 heavy (non-hydrogen) atoms. The minimum absolute atomic E-state index is 0.00463. The van der Waals surface area contributed by atoms with Gasteiger partial charge in [-0.3, -0.25) is 14.4 Å². The first kappa shape index (κ1) is 40.4. The van der Waals surface area contributed by atoms with Crippen molar-refractivity contribution in [1.29, 1.82) is 0 Å². The minimum Gasteiger partial charge on any atom is -0.504 e. The first-order valence-electron chi connectivity index (χ1n) is 15.9. The highest BCUT2D eigenvalue weighted by Gasteiger charge is 2.32. The highest BCUT2D eigenvalue weighted by atomic mass is 35.5. The standard InChI is InChI=1S/C26H32ClF3N6O3.C7H9N3O2/c1-4-20(31-2)23(35-11-5-6-12-35)25(38)36(34-24(32-3)17-9-13-39-14-10-17)16-22(37)33-21-8-7-18(15-19(21)27)26(28,29)30;1-4-6(11)5(7(12)8-2)10-3-9-4/h7-9,15,31H,3-6,10-14,16H2,1-2H3,(H,33,37);3,11H,1-2H3,(H,8,12)/b23-20+,34-24-;. The Bertz CT molecular complexity index is 1690. The summed E-state index contributed by atoms with van der Waals surface area (Å²) in [6.45, 7) is 8.68. The number of aryl methyl sites for hydroxylation is 1. The molecule has 0 bridgehead atoms. The van der Waals surface area contributed by atoms with Crippen molar-refractivity contribution in [3.05, 3.63) is 69.5 Å². The third kappa shape index (κ3) is 11.0. The summed E-state index contributed by atoms with van der Waals surface area (Å²) >= 11 is 6.01. The lowest BCUT2D eigenvalue weighted by Crippen LogP contribution is -2.41. The van der Waals surface area contributed by atoms with Gasteiger partial charge in [-0.05, 0) is 63.1 Å². The number of carbonyl (C=O) groups excluding carboxylic acids is 3. The van der Waals surface area contributed by atoms with Crippen LogP contribution in [0.25, 0.3) is 0 Å². The molecule has 1 aromatic carbocycles. The number of aliphatic imine (C=N–C) groups is 1. The van der Waals surface area contributed by atoms with Gasteiger partial charge in [0.25, 0.3) is 11.8 Å². The molecule has 4 N–H and O–H groups in total. The first-order valence-corrected chi connectivity index (χ1v) is 16.3. The molecule has 3 amide bonds. The summed E-state index contributed by atoms with van der Waals surface area (Å²) in [5, 5.41) is 22.4. The highest BCUT2D eigenvalue weighted by molar-refractivity contribution is 6.33. The number of hydrogen-bond donors (Lipinski definition) is 4. The summed E-state index contributed by atoms with van der Waals surface area (Å²) in [5.41, 5.74) is 1.22. The van der Waals surface area contributed by atoms with Gasteiger partial charge in [-0.1, -0.05) is 24.6 Å². The van der Waals surface area contributed by atoms with Crippen molar-refractivity contribution in [2.45, 2.75) is 45.7 Å². The molecule has 0 aliphatic carbocycles.